The van der Waals surface area contributed by atoms with Gasteiger partial charge in [0, 0.05) is 7.05 Å². The van der Waals surface area contributed by atoms with Crippen LogP contribution in [0.5, 0.6) is 0 Å². The van der Waals surface area contributed by atoms with Crippen LogP contribution in [-0.2, 0) is 0 Å². The molecule has 0 amide bonds. The van der Waals surface area contributed by atoms with E-state index in [2.05, 4.69) is 0 Å². The summed E-state index contributed by atoms with van der Waals surface area (Å²) in [6.45, 7) is 0. The maximum absolute atomic E-state index is 5.62. The summed E-state index contributed by atoms with van der Waals surface area (Å²) in [6.07, 6.45) is 2.60. The Morgan fingerprint density at radius 3 is 2.25 bits per heavy atom. The van der Waals surface area contributed by atoms with Gasteiger partial charge >= 0.3 is 0 Å². The van der Waals surface area contributed by atoms with Crippen LogP contribution in [-0.4, -0.2) is 18.2 Å². The molecule has 0 spiro atoms. The van der Waals surface area contributed by atoms with E-state index in [9.17, 15) is 0 Å². The van der Waals surface area contributed by atoms with Crippen LogP contribution in [0.1, 0.15) is 12.8 Å². The minimum Gasteiger partial charge on any atom is -0.314 e. The fraction of sp³-hybridized carbons (Fsp3) is 1.00. The maximum Gasteiger partial charge on any atom is 0.0730 e. The summed E-state index contributed by atoms with van der Waals surface area (Å²) in [6, 6.07) is 0. The van der Waals surface area contributed by atoms with Gasteiger partial charge in [0.15, 0.2) is 0 Å². The molecule has 0 bridgehead atoms. The Bertz CT molecular complexity index is 75.7. The van der Waals surface area contributed by atoms with E-state index >= 15 is 0 Å². The van der Waals surface area contributed by atoms with Crippen molar-refractivity contribution in [2.75, 3.05) is 7.05 Å². The Morgan fingerprint density at radius 1 is 1.62 bits per heavy atom. The van der Waals surface area contributed by atoms with Crippen molar-refractivity contribution in [2.24, 2.45) is 17.5 Å². The molecule has 0 aliphatic heterocycles. The van der Waals surface area contributed by atoms with Gasteiger partial charge in [-0.05, 0) is 18.8 Å². The first kappa shape index (κ1) is 6.01. The molecule has 1 fully saturated rings. The van der Waals surface area contributed by atoms with Gasteiger partial charge in [-0.25, -0.2) is 5.01 Å². The highest BCUT2D eigenvalue weighted by Gasteiger charge is 2.29. The molecule has 3 nitrogen and oxygen atoms in total. The molecule has 0 unspecified atom stereocenters. The first-order valence-electron chi connectivity index (χ1n) is 2.95. The summed E-state index contributed by atoms with van der Waals surface area (Å²) in [7, 11) is 1.81. The fourth-order valence-electron chi connectivity index (χ4n) is 0.770. The normalized spacial score (nSPS) is 24.0. The van der Waals surface area contributed by atoms with Crippen LogP contribution in [0.3, 0.4) is 0 Å². The first-order chi connectivity index (χ1) is 3.72. The smallest absolute Gasteiger partial charge is 0.0730 e. The van der Waals surface area contributed by atoms with Crippen molar-refractivity contribution < 1.29 is 0 Å². The predicted molar refractivity (Wildman–Crippen MR) is 32.6 cm³/mol. The highest BCUT2D eigenvalue weighted by atomic mass is 15.4. The van der Waals surface area contributed by atoms with Gasteiger partial charge < -0.3 is 5.73 Å². The third kappa shape index (κ3) is 1.18. The highest BCUT2D eigenvalue weighted by molar-refractivity contribution is 4.81. The van der Waals surface area contributed by atoms with Crippen molar-refractivity contribution in [1.82, 2.24) is 5.01 Å². The molecule has 3 heteroatoms. The van der Waals surface area contributed by atoms with Crippen molar-refractivity contribution in [1.29, 1.82) is 0 Å². The largest absolute Gasteiger partial charge is 0.314 e. The van der Waals surface area contributed by atoms with Gasteiger partial charge in [-0.2, -0.15) is 0 Å². The summed E-state index contributed by atoms with van der Waals surface area (Å²) >= 11 is 0. The second-order valence-electron chi connectivity index (χ2n) is 2.49. The number of rotatable bonds is 2. The Labute approximate surface area is 49.6 Å². The summed E-state index contributed by atoms with van der Waals surface area (Å²) in [5.74, 6) is 6.06. The van der Waals surface area contributed by atoms with Crippen molar-refractivity contribution in [2.45, 2.75) is 19.0 Å². The zero-order valence-electron chi connectivity index (χ0n) is 5.17. The number of nitrogens with two attached hydrogens (primary N) is 2. The van der Waals surface area contributed by atoms with E-state index in [0.717, 1.165) is 0 Å². The van der Waals surface area contributed by atoms with Crippen LogP contribution >= 0.6 is 0 Å². The van der Waals surface area contributed by atoms with E-state index in [4.69, 9.17) is 11.6 Å². The van der Waals surface area contributed by atoms with Gasteiger partial charge in [0.2, 0.25) is 0 Å². The van der Waals surface area contributed by atoms with Crippen LogP contribution < -0.4 is 11.6 Å². The zero-order chi connectivity index (χ0) is 6.15. The van der Waals surface area contributed by atoms with Gasteiger partial charge in [-0.1, -0.05) is 0 Å². The second-order valence-corrected chi connectivity index (χ2v) is 2.49. The monoisotopic (exact) mass is 115 g/mol. The lowest BCUT2D eigenvalue weighted by Crippen LogP contribution is -2.45. The van der Waals surface area contributed by atoms with Crippen LogP contribution in [0.4, 0.5) is 0 Å². The lowest BCUT2D eigenvalue weighted by Gasteiger charge is -2.17. The highest BCUT2D eigenvalue weighted by Crippen LogP contribution is 2.31. The predicted octanol–water partition coefficient (Wildman–Crippen LogP) is -0.513. The van der Waals surface area contributed by atoms with Crippen LogP contribution in [0, 0.1) is 5.92 Å². The van der Waals surface area contributed by atoms with Gasteiger partial charge in [-0.3, -0.25) is 5.84 Å². The quantitative estimate of drug-likeness (QED) is 0.289. The number of hydrazine groups is 1. The molecular weight excluding hydrogens is 102 g/mol. The van der Waals surface area contributed by atoms with Crippen molar-refractivity contribution in [3.63, 3.8) is 0 Å². The average molecular weight is 115 g/mol. The molecule has 48 valence electrons. The molecule has 0 aromatic heterocycles. The molecule has 1 aliphatic rings. The van der Waals surface area contributed by atoms with E-state index in [1.54, 1.807) is 5.01 Å². The van der Waals surface area contributed by atoms with E-state index < -0.39 is 0 Å². The van der Waals surface area contributed by atoms with Crippen LogP contribution in [0.15, 0.2) is 0 Å². The number of hydrogen-bond donors (Lipinski definition) is 2. The Hall–Kier alpha value is -0.120. The van der Waals surface area contributed by atoms with E-state index in [-0.39, 0.29) is 6.17 Å². The minimum absolute atomic E-state index is 0.0926. The van der Waals surface area contributed by atoms with E-state index in [1.807, 2.05) is 7.05 Å². The van der Waals surface area contributed by atoms with Gasteiger partial charge in [-0.15, -0.1) is 0 Å². The summed E-state index contributed by atoms with van der Waals surface area (Å²) in [5, 5.41) is 1.58. The fourth-order valence-corrected chi connectivity index (χ4v) is 0.770. The molecule has 0 radical (unpaired) electrons. The summed E-state index contributed by atoms with van der Waals surface area (Å²) in [4.78, 5) is 0. The molecule has 0 aromatic carbocycles. The Kier molecular flexibility index (Phi) is 1.51. The van der Waals surface area contributed by atoms with Crippen molar-refractivity contribution in [3.8, 4) is 0 Å². The first-order valence-corrected chi connectivity index (χ1v) is 2.95. The molecule has 1 atom stereocenters. The minimum atomic E-state index is 0.0926. The van der Waals surface area contributed by atoms with Crippen molar-refractivity contribution >= 4 is 0 Å². The third-order valence-electron chi connectivity index (χ3n) is 1.58. The molecular formula is C5H13N3. The third-order valence-corrected chi connectivity index (χ3v) is 1.58. The number of hydrogen-bond acceptors (Lipinski definition) is 3. The second kappa shape index (κ2) is 2.01. The van der Waals surface area contributed by atoms with Gasteiger partial charge in [0.05, 0.1) is 6.17 Å². The molecule has 1 saturated carbocycles. The van der Waals surface area contributed by atoms with Gasteiger partial charge in [0.1, 0.15) is 0 Å². The maximum atomic E-state index is 5.62. The van der Waals surface area contributed by atoms with Crippen LogP contribution in [0.2, 0.25) is 0 Å². The lowest BCUT2D eigenvalue weighted by molar-refractivity contribution is 0.229. The van der Waals surface area contributed by atoms with E-state index in [0.29, 0.717) is 5.92 Å². The van der Waals surface area contributed by atoms with E-state index in [1.165, 1.54) is 12.8 Å². The topological polar surface area (TPSA) is 55.3 Å². The SMILES string of the molecule is CN(N)[C@H](N)C1CC1. The Morgan fingerprint density at radius 2 is 2.12 bits per heavy atom. The standard InChI is InChI=1S/C5H13N3/c1-8(7)5(6)4-2-3-4/h4-5H,2-3,6-7H2,1H3/t5-/m0/s1. The lowest BCUT2D eigenvalue weighted by atomic mass is 10.3. The molecule has 1 rings (SSSR count). The zero-order valence-corrected chi connectivity index (χ0v) is 5.17. The summed E-state index contributed by atoms with van der Waals surface area (Å²) in [5.41, 5.74) is 5.62. The van der Waals surface area contributed by atoms with Crippen LogP contribution in [0.25, 0.3) is 0 Å². The average Bonchev–Trinajstić information content (AvgIpc) is 2.43. The molecule has 8 heavy (non-hydrogen) atoms. The molecule has 0 saturated heterocycles. The summed E-state index contributed by atoms with van der Waals surface area (Å²) < 4.78 is 0. The van der Waals surface area contributed by atoms with Gasteiger partial charge in [0.25, 0.3) is 0 Å². The molecule has 0 aromatic rings. The Balaban J connectivity index is 2.22. The number of nitrogens with zero attached hydrogens (tertiary/aromatic N) is 1. The molecule has 1 aliphatic carbocycles. The van der Waals surface area contributed by atoms with Crippen molar-refractivity contribution in [3.05, 3.63) is 0 Å². The molecule has 4 N–H and O–H groups in total. The molecule has 0 heterocycles.